The molecule has 0 aliphatic heterocycles. The van der Waals surface area contributed by atoms with Gasteiger partial charge in [-0.15, -0.1) is 0 Å². The lowest BCUT2D eigenvalue weighted by atomic mass is 9.89. The number of nitrogens with one attached hydrogen (secondary N) is 1. The molecule has 3 nitrogen and oxygen atoms in total. The number of para-hydroxylation sites is 1. The van der Waals surface area contributed by atoms with Crippen LogP contribution in [-0.2, 0) is 17.8 Å². The van der Waals surface area contributed by atoms with Gasteiger partial charge in [0.15, 0.2) is 0 Å². The van der Waals surface area contributed by atoms with Gasteiger partial charge in [0.2, 0.25) is 5.91 Å². The molecule has 1 saturated carbocycles. The fourth-order valence-electron chi connectivity index (χ4n) is 4.27. The summed E-state index contributed by atoms with van der Waals surface area (Å²) in [7, 11) is 0. The van der Waals surface area contributed by atoms with Gasteiger partial charge in [-0.1, -0.05) is 49.6 Å². The van der Waals surface area contributed by atoms with E-state index in [1.807, 2.05) is 12.1 Å². The van der Waals surface area contributed by atoms with Crippen molar-refractivity contribution in [2.45, 2.75) is 45.1 Å². The third kappa shape index (κ3) is 4.44. The van der Waals surface area contributed by atoms with Gasteiger partial charge in [0, 0.05) is 30.2 Å². The summed E-state index contributed by atoms with van der Waals surface area (Å²) in [5, 5.41) is 4.25. The first-order valence-electron chi connectivity index (χ1n) is 10.3. The van der Waals surface area contributed by atoms with Gasteiger partial charge in [-0.25, -0.2) is 4.39 Å². The standard InChI is InChI=1S/C24H27FN2O/c25-21-12-10-19(11-13-21)16-27-17-20(22-8-4-5-9-23(22)27)14-24(28)26-15-18-6-2-1-3-7-18/h4-5,8-13,17-18H,1-3,6-7,14-16H2,(H,26,28). The van der Waals surface area contributed by atoms with E-state index in [-0.39, 0.29) is 11.7 Å². The van der Waals surface area contributed by atoms with E-state index in [1.165, 1.54) is 44.2 Å². The Labute approximate surface area is 165 Å². The highest BCUT2D eigenvalue weighted by atomic mass is 19.1. The number of hydrogen-bond acceptors (Lipinski definition) is 1. The third-order valence-electron chi connectivity index (χ3n) is 5.80. The highest BCUT2D eigenvalue weighted by Crippen LogP contribution is 2.24. The lowest BCUT2D eigenvalue weighted by Crippen LogP contribution is -2.31. The molecule has 1 fully saturated rings. The minimum Gasteiger partial charge on any atom is -0.356 e. The van der Waals surface area contributed by atoms with Gasteiger partial charge in [0.1, 0.15) is 5.82 Å². The predicted molar refractivity (Wildman–Crippen MR) is 111 cm³/mol. The number of carbonyl (C=O) groups excluding carboxylic acids is 1. The summed E-state index contributed by atoms with van der Waals surface area (Å²) >= 11 is 0. The summed E-state index contributed by atoms with van der Waals surface area (Å²) in [6.45, 7) is 1.46. The van der Waals surface area contributed by atoms with Crippen molar-refractivity contribution in [2.75, 3.05) is 6.54 Å². The second kappa shape index (κ2) is 8.59. The molecule has 1 N–H and O–H groups in total. The highest BCUT2D eigenvalue weighted by Gasteiger charge is 2.16. The van der Waals surface area contributed by atoms with E-state index in [4.69, 9.17) is 0 Å². The van der Waals surface area contributed by atoms with Crippen LogP contribution in [-0.4, -0.2) is 17.0 Å². The van der Waals surface area contributed by atoms with Crippen LogP contribution in [0.3, 0.4) is 0 Å². The lowest BCUT2D eigenvalue weighted by Gasteiger charge is -2.21. The van der Waals surface area contributed by atoms with Crippen LogP contribution in [0.25, 0.3) is 10.9 Å². The quantitative estimate of drug-likeness (QED) is 0.639. The number of carbonyl (C=O) groups is 1. The van der Waals surface area contributed by atoms with Crippen molar-refractivity contribution < 1.29 is 9.18 Å². The summed E-state index contributed by atoms with van der Waals surface area (Å²) in [4.78, 5) is 12.5. The molecular formula is C24H27FN2O. The Bertz CT molecular complexity index is 939. The predicted octanol–water partition coefficient (Wildman–Crippen LogP) is 5.07. The average Bonchev–Trinajstić information content (AvgIpc) is 3.06. The largest absolute Gasteiger partial charge is 0.356 e. The van der Waals surface area contributed by atoms with Gasteiger partial charge >= 0.3 is 0 Å². The summed E-state index contributed by atoms with van der Waals surface area (Å²) < 4.78 is 15.3. The van der Waals surface area contributed by atoms with Gasteiger partial charge in [0.05, 0.1) is 6.42 Å². The number of amides is 1. The van der Waals surface area contributed by atoms with Gasteiger partial charge in [-0.05, 0) is 48.1 Å². The topological polar surface area (TPSA) is 34.0 Å². The number of aromatic nitrogens is 1. The van der Waals surface area contributed by atoms with Crippen LogP contribution in [0.1, 0.15) is 43.2 Å². The summed E-state index contributed by atoms with van der Waals surface area (Å²) in [5.41, 5.74) is 3.18. The van der Waals surface area contributed by atoms with Crippen LogP contribution < -0.4 is 5.32 Å². The van der Waals surface area contributed by atoms with Crippen LogP contribution in [0.5, 0.6) is 0 Å². The third-order valence-corrected chi connectivity index (χ3v) is 5.80. The molecule has 4 rings (SSSR count). The van der Waals surface area contributed by atoms with Crippen molar-refractivity contribution >= 4 is 16.8 Å². The van der Waals surface area contributed by atoms with E-state index in [0.29, 0.717) is 18.9 Å². The summed E-state index contributed by atoms with van der Waals surface area (Å²) in [6, 6.07) is 14.7. The zero-order valence-electron chi connectivity index (χ0n) is 16.2. The fourth-order valence-corrected chi connectivity index (χ4v) is 4.27. The van der Waals surface area contributed by atoms with Gasteiger partial charge in [-0.3, -0.25) is 4.79 Å². The maximum Gasteiger partial charge on any atom is 0.224 e. The Kier molecular flexibility index (Phi) is 5.75. The SMILES string of the molecule is O=C(Cc1cn(Cc2ccc(F)cc2)c2ccccc12)NCC1CCCCC1. The molecule has 0 saturated heterocycles. The van der Waals surface area contributed by atoms with E-state index in [1.54, 1.807) is 12.1 Å². The monoisotopic (exact) mass is 378 g/mol. The van der Waals surface area contributed by atoms with E-state index in [0.717, 1.165) is 28.6 Å². The Morgan fingerprint density at radius 3 is 2.57 bits per heavy atom. The first-order chi connectivity index (χ1) is 13.7. The van der Waals surface area contributed by atoms with Crippen LogP contribution in [0.2, 0.25) is 0 Å². The molecule has 0 atom stereocenters. The second-order valence-electron chi connectivity index (χ2n) is 7.91. The van der Waals surface area contributed by atoms with Gasteiger partial charge < -0.3 is 9.88 Å². The molecule has 0 unspecified atom stereocenters. The molecule has 1 aliphatic rings. The minimum absolute atomic E-state index is 0.0928. The molecule has 1 amide bonds. The number of benzene rings is 2. The number of nitrogens with zero attached hydrogens (tertiary/aromatic N) is 1. The zero-order valence-corrected chi connectivity index (χ0v) is 16.2. The zero-order chi connectivity index (χ0) is 19.3. The Morgan fingerprint density at radius 1 is 1.04 bits per heavy atom. The molecular weight excluding hydrogens is 351 g/mol. The summed E-state index contributed by atoms with van der Waals surface area (Å²) in [6.07, 6.45) is 8.83. The summed E-state index contributed by atoms with van der Waals surface area (Å²) in [5.74, 6) is 0.504. The minimum atomic E-state index is -0.226. The van der Waals surface area contributed by atoms with Crippen LogP contribution in [0.15, 0.2) is 54.7 Å². The number of rotatable bonds is 6. The number of fused-ring (bicyclic) bond motifs is 1. The Hall–Kier alpha value is -2.62. The number of hydrogen-bond donors (Lipinski definition) is 1. The molecule has 0 spiro atoms. The molecule has 1 aliphatic carbocycles. The fraction of sp³-hybridized carbons (Fsp3) is 0.375. The van der Waals surface area contributed by atoms with Gasteiger partial charge in [-0.2, -0.15) is 0 Å². The maximum atomic E-state index is 13.2. The van der Waals surface area contributed by atoms with E-state index in [2.05, 4.69) is 28.2 Å². The smallest absolute Gasteiger partial charge is 0.224 e. The van der Waals surface area contributed by atoms with Crippen molar-refractivity contribution in [3.8, 4) is 0 Å². The van der Waals surface area contributed by atoms with Crippen LogP contribution in [0, 0.1) is 11.7 Å². The molecule has 1 heterocycles. The molecule has 4 heteroatoms. The van der Waals surface area contributed by atoms with Crippen LogP contribution >= 0.6 is 0 Å². The molecule has 0 bridgehead atoms. The van der Waals surface area contributed by atoms with E-state index in [9.17, 15) is 9.18 Å². The second-order valence-corrected chi connectivity index (χ2v) is 7.91. The Balaban J connectivity index is 1.47. The van der Waals surface area contributed by atoms with Crippen molar-refractivity contribution in [2.24, 2.45) is 5.92 Å². The molecule has 3 aromatic rings. The first kappa shape index (κ1) is 18.7. The molecule has 1 aromatic heterocycles. The molecule has 0 radical (unpaired) electrons. The molecule has 2 aromatic carbocycles. The first-order valence-corrected chi connectivity index (χ1v) is 10.3. The number of halogens is 1. The average molecular weight is 378 g/mol. The Morgan fingerprint density at radius 2 is 1.79 bits per heavy atom. The molecule has 28 heavy (non-hydrogen) atoms. The van der Waals surface area contributed by atoms with Crippen molar-refractivity contribution in [1.29, 1.82) is 0 Å². The van der Waals surface area contributed by atoms with Crippen molar-refractivity contribution in [3.63, 3.8) is 0 Å². The maximum absolute atomic E-state index is 13.2. The van der Waals surface area contributed by atoms with E-state index < -0.39 is 0 Å². The highest BCUT2D eigenvalue weighted by molar-refractivity contribution is 5.89. The van der Waals surface area contributed by atoms with Crippen molar-refractivity contribution in [1.82, 2.24) is 9.88 Å². The normalized spacial score (nSPS) is 15.0. The van der Waals surface area contributed by atoms with Crippen LogP contribution in [0.4, 0.5) is 4.39 Å². The van der Waals surface area contributed by atoms with Gasteiger partial charge in [0.25, 0.3) is 0 Å². The lowest BCUT2D eigenvalue weighted by molar-refractivity contribution is -0.120. The molecule has 146 valence electrons. The van der Waals surface area contributed by atoms with E-state index >= 15 is 0 Å². The van der Waals surface area contributed by atoms with Crippen molar-refractivity contribution in [3.05, 3.63) is 71.7 Å².